The molecule has 0 aliphatic rings. The highest BCUT2D eigenvalue weighted by Crippen LogP contribution is 2.21. The first-order chi connectivity index (χ1) is 13.5. The first-order valence-corrected chi connectivity index (χ1v) is 9.21. The highest BCUT2D eigenvalue weighted by Gasteiger charge is 2.12. The van der Waals surface area contributed by atoms with Gasteiger partial charge in [0.25, 0.3) is 0 Å². The second-order valence-electron chi connectivity index (χ2n) is 6.19. The molecule has 0 unspecified atom stereocenters. The van der Waals surface area contributed by atoms with Crippen molar-refractivity contribution in [2.45, 2.75) is 13.3 Å². The van der Waals surface area contributed by atoms with E-state index in [1.165, 1.54) is 7.11 Å². The quantitative estimate of drug-likeness (QED) is 0.567. The van der Waals surface area contributed by atoms with Crippen molar-refractivity contribution in [3.05, 3.63) is 76.4 Å². The average Bonchev–Trinajstić information content (AvgIpc) is 2.67. The van der Waals surface area contributed by atoms with Crippen molar-refractivity contribution in [3.8, 4) is 0 Å². The number of carbonyl (C=O) groups is 1. The third kappa shape index (κ3) is 5.20. The summed E-state index contributed by atoms with van der Waals surface area (Å²) in [5.41, 5.74) is 2.96. The molecule has 0 amide bonds. The van der Waals surface area contributed by atoms with Gasteiger partial charge in [0.15, 0.2) is 0 Å². The predicted molar refractivity (Wildman–Crippen MR) is 111 cm³/mol. The average molecular weight is 397 g/mol. The Hall–Kier alpha value is -3.12. The second kappa shape index (κ2) is 9.19. The Morgan fingerprint density at radius 2 is 1.93 bits per heavy atom. The van der Waals surface area contributed by atoms with E-state index in [1.54, 1.807) is 18.2 Å². The van der Waals surface area contributed by atoms with E-state index in [-0.39, 0.29) is 0 Å². The SMILES string of the molecule is COC(=O)c1ccccc1Nc1nc(C)cc(NCCc2cccc(Cl)c2)n1. The van der Waals surface area contributed by atoms with Gasteiger partial charge in [0.2, 0.25) is 5.95 Å². The number of hydrogen-bond acceptors (Lipinski definition) is 6. The van der Waals surface area contributed by atoms with Gasteiger partial charge in [-0.25, -0.2) is 9.78 Å². The zero-order valence-corrected chi connectivity index (χ0v) is 16.5. The van der Waals surface area contributed by atoms with E-state index in [0.717, 1.165) is 22.7 Å². The van der Waals surface area contributed by atoms with E-state index in [4.69, 9.17) is 16.3 Å². The van der Waals surface area contributed by atoms with Gasteiger partial charge >= 0.3 is 5.97 Å². The maximum absolute atomic E-state index is 11.9. The number of aryl methyl sites for hydroxylation is 1. The van der Waals surface area contributed by atoms with Crippen LogP contribution < -0.4 is 10.6 Å². The Bertz CT molecular complexity index is 978. The summed E-state index contributed by atoms with van der Waals surface area (Å²) in [6, 6.07) is 16.7. The van der Waals surface area contributed by atoms with Crippen LogP contribution >= 0.6 is 11.6 Å². The lowest BCUT2D eigenvalue weighted by molar-refractivity contribution is 0.0602. The van der Waals surface area contributed by atoms with Crippen LogP contribution in [0.3, 0.4) is 0 Å². The van der Waals surface area contributed by atoms with Crippen molar-refractivity contribution >= 4 is 35.0 Å². The minimum absolute atomic E-state index is 0.404. The molecule has 0 spiro atoms. The van der Waals surface area contributed by atoms with Crippen molar-refractivity contribution in [2.75, 3.05) is 24.3 Å². The molecule has 0 bridgehead atoms. The molecule has 1 aromatic heterocycles. The summed E-state index contributed by atoms with van der Waals surface area (Å²) in [6.45, 7) is 2.59. The fourth-order valence-electron chi connectivity index (χ4n) is 2.74. The number of methoxy groups -OCH3 is 1. The van der Waals surface area contributed by atoms with Gasteiger partial charge in [-0.05, 0) is 43.2 Å². The highest BCUT2D eigenvalue weighted by molar-refractivity contribution is 6.30. The molecule has 3 aromatic rings. The lowest BCUT2D eigenvalue weighted by atomic mass is 10.1. The topological polar surface area (TPSA) is 76.1 Å². The van der Waals surface area contributed by atoms with Gasteiger partial charge in [-0.3, -0.25) is 0 Å². The number of anilines is 3. The molecule has 2 aromatic carbocycles. The van der Waals surface area contributed by atoms with E-state index in [0.29, 0.717) is 29.6 Å². The van der Waals surface area contributed by atoms with Gasteiger partial charge in [-0.2, -0.15) is 4.98 Å². The maximum atomic E-state index is 11.9. The molecule has 7 heteroatoms. The zero-order chi connectivity index (χ0) is 19.9. The summed E-state index contributed by atoms with van der Waals surface area (Å²) >= 11 is 6.02. The van der Waals surface area contributed by atoms with Crippen molar-refractivity contribution < 1.29 is 9.53 Å². The molecule has 2 N–H and O–H groups in total. The van der Waals surface area contributed by atoms with Crippen LogP contribution in [0.5, 0.6) is 0 Å². The maximum Gasteiger partial charge on any atom is 0.339 e. The Morgan fingerprint density at radius 3 is 2.71 bits per heavy atom. The minimum atomic E-state index is -0.421. The zero-order valence-electron chi connectivity index (χ0n) is 15.7. The molecule has 28 heavy (non-hydrogen) atoms. The molecular weight excluding hydrogens is 376 g/mol. The number of hydrogen-bond donors (Lipinski definition) is 2. The summed E-state index contributed by atoms with van der Waals surface area (Å²) in [5, 5.41) is 7.13. The minimum Gasteiger partial charge on any atom is -0.465 e. The first-order valence-electron chi connectivity index (χ1n) is 8.83. The number of ether oxygens (including phenoxy) is 1. The number of nitrogens with one attached hydrogen (secondary N) is 2. The largest absolute Gasteiger partial charge is 0.465 e. The molecule has 6 nitrogen and oxygen atoms in total. The lowest BCUT2D eigenvalue weighted by Gasteiger charge is -2.12. The molecule has 0 saturated carbocycles. The van der Waals surface area contributed by atoms with E-state index >= 15 is 0 Å². The fourth-order valence-corrected chi connectivity index (χ4v) is 2.96. The molecule has 0 radical (unpaired) electrons. The van der Waals surface area contributed by atoms with Gasteiger partial charge in [0.1, 0.15) is 5.82 Å². The summed E-state index contributed by atoms with van der Waals surface area (Å²) in [4.78, 5) is 20.8. The highest BCUT2D eigenvalue weighted by atomic mass is 35.5. The van der Waals surface area contributed by atoms with Crippen LogP contribution in [0.4, 0.5) is 17.5 Å². The summed E-state index contributed by atoms with van der Waals surface area (Å²) in [5.74, 6) is 0.685. The number of esters is 1. The van der Waals surface area contributed by atoms with Crippen LogP contribution in [-0.4, -0.2) is 29.6 Å². The van der Waals surface area contributed by atoms with Crippen molar-refractivity contribution in [2.24, 2.45) is 0 Å². The van der Waals surface area contributed by atoms with Gasteiger partial charge in [-0.1, -0.05) is 35.9 Å². The molecular formula is C21H21ClN4O2. The van der Waals surface area contributed by atoms with Crippen molar-refractivity contribution in [1.82, 2.24) is 9.97 Å². The third-order valence-corrected chi connectivity index (χ3v) is 4.28. The van der Waals surface area contributed by atoms with Gasteiger partial charge in [0, 0.05) is 23.3 Å². The smallest absolute Gasteiger partial charge is 0.339 e. The van der Waals surface area contributed by atoms with Crippen molar-refractivity contribution in [3.63, 3.8) is 0 Å². The molecule has 0 aliphatic carbocycles. The monoisotopic (exact) mass is 396 g/mol. The number of para-hydroxylation sites is 1. The lowest BCUT2D eigenvalue weighted by Crippen LogP contribution is -2.10. The van der Waals surface area contributed by atoms with E-state index in [9.17, 15) is 4.79 Å². The van der Waals surface area contributed by atoms with Crippen LogP contribution in [-0.2, 0) is 11.2 Å². The van der Waals surface area contributed by atoms with E-state index < -0.39 is 5.97 Å². The second-order valence-corrected chi connectivity index (χ2v) is 6.62. The summed E-state index contributed by atoms with van der Waals surface area (Å²) in [7, 11) is 1.35. The van der Waals surface area contributed by atoms with Crippen LogP contribution in [0.25, 0.3) is 0 Å². The van der Waals surface area contributed by atoms with Gasteiger partial charge < -0.3 is 15.4 Å². The number of carbonyl (C=O) groups excluding carboxylic acids is 1. The molecule has 0 atom stereocenters. The molecule has 0 fully saturated rings. The molecule has 0 aliphatic heterocycles. The van der Waals surface area contributed by atoms with Crippen LogP contribution in [0.1, 0.15) is 21.6 Å². The standard InChI is InChI=1S/C21H21ClN4O2/c1-14-12-19(23-11-10-15-6-5-7-16(22)13-15)26-21(24-14)25-18-9-4-3-8-17(18)20(27)28-2/h3-9,12-13H,10-11H2,1-2H3,(H2,23,24,25,26). The Morgan fingerprint density at radius 1 is 1.11 bits per heavy atom. The molecule has 144 valence electrons. The fraction of sp³-hybridized carbons (Fsp3) is 0.190. The number of rotatable bonds is 7. The molecule has 3 rings (SSSR count). The number of aromatic nitrogens is 2. The van der Waals surface area contributed by atoms with E-state index in [1.807, 2.05) is 43.3 Å². The van der Waals surface area contributed by atoms with Gasteiger partial charge in [-0.15, -0.1) is 0 Å². The molecule has 1 heterocycles. The Balaban J connectivity index is 1.71. The first kappa shape index (κ1) is 19.6. The van der Waals surface area contributed by atoms with Crippen LogP contribution in [0.2, 0.25) is 5.02 Å². The molecule has 0 saturated heterocycles. The third-order valence-electron chi connectivity index (χ3n) is 4.04. The van der Waals surface area contributed by atoms with Crippen LogP contribution in [0.15, 0.2) is 54.6 Å². The summed E-state index contributed by atoms with van der Waals surface area (Å²) in [6.07, 6.45) is 0.817. The number of nitrogens with zero attached hydrogens (tertiary/aromatic N) is 2. The van der Waals surface area contributed by atoms with Crippen molar-refractivity contribution in [1.29, 1.82) is 0 Å². The Labute approximate surface area is 168 Å². The summed E-state index contributed by atoms with van der Waals surface area (Å²) < 4.78 is 4.82. The number of benzene rings is 2. The predicted octanol–water partition coefficient (Wildman–Crippen LogP) is 4.62. The Kier molecular flexibility index (Phi) is 6.45. The normalized spacial score (nSPS) is 10.4. The van der Waals surface area contributed by atoms with Crippen LogP contribution in [0, 0.1) is 6.92 Å². The van der Waals surface area contributed by atoms with Gasteiger partial charge in [0.05, 0.1) is 18.4 Å². The van der Waals surface area contributed by atoms with E-state index in [2.05, 4.69) is 20.6 Å². The number of halogens is 1.